The first-order valence-corrected chi connectivity index (χ1v) is 6.36. The molecule has 0 bridgehead atoms. The van der Waals surface area contributed by atoms with Crippen molar-refractivity contribution in [2.24, 2.45) is 0 Å². The van der Waals surface area contributed by atoms with Crippen LogP contribution in [-0.2, 0) is 9.53 Å². The van der Waals surface area contributed by atoms with E-state index in [4.69, 9.17) is 9.47 Å². The largest absolute Gasteiger partial charge is 0.497 e. The maximum atomic E-state index is 12.0. The number of ether oxygens (including phenoxy) is 2. The van der Waals surface area contributed by atoms with Crippen LogP contribution in [0.15, 0.2) is 24.3 Å². The lowest BCUT2D eigenvalue weighted by Gasteiger charge is -2.17. The Morgan fingerprint density at radius 2 is 2.05 bits per heavy atom. The van der Waals surface area contributed by atoms with E-state index in [2.05, 4.69) is 5.32 Å². The van der Waals surface area contributed by atoms with Crippen LogP contribution >= 0.6 is 0 Å². The number of rotatable bonds is 7. The average molecular weight is 305 g/mol. The van der Waals surface area contributed by atoms with Crippen LogP contribution in [0.3, 0.4) is 0 Å². The summed E-state index contributed by atoms with van der Waals surface area (Å²) in [5.41, 5.74) is 0.771. The molecule has 0 radical (unpaired) electrons. The Bertz CT molecular complexity index is 463. The van der Waals surface area contributed by atoms with Gasteiger partial charge in [0.05, 0.1) is 19.6 Å². The second-order valence-corrected chi connectivity index (χ2v) is 4.42. The molecule has 1 atom stereocenters. The lowest BCUT2D eigenvalue weighted by Crippen LogP contribution is -2.30. The van der Waals surface area contributed by atoms with E-state index in [-0.39, 0.29) is 6.54 Å². The predicted octanol–water partition coefficient (Wildman–Crippen LogP) is 2.84. The number of halogens is 3. The van der Waals surface area contributed by atoms with Crippen LogP contribution in [0.2, 0.25) is 0 Å². The van der Waals surface area contributed by atoms with E-state index in [9.17, 15) is 18.0 Å². The Balaban J connectivity index is 2.52. The molecular formula is C14H18F3NO3. The Morgan fingerprint density at radius 3 is 2.62 bits per heavy atom. The van der Waals surface area contributed by atoms with Gasteiger partial charge >= 0.3 is 6.18 Å². The van der Waals surface area contributed by atoms with Crippen molar-refractivity contribution in [3.8, 4) is 5.75 Å². The van der Waals surface area contributed by atoms with Gasteiger partial charge in [0.1, 0.15) is 5.75 Å². The quantitative estimate of drug-likeness (QED) is 0.842. The van der Waals surface area contributed by atoms with Gasteiger partial charge < -0.3 is 14.8 Å². The van der Waals surface area contributed by atoms with E-state index < -0.39 is 31.0 Å². The zero-order chi connectivity index (χ0) is 15.9. The molecule has 0 saturated carbocycles. The van der Waals surface area contributed by atoms with Gasteiger partial charge in [-0.15, -0.1) is 0 Å². The van der Waals surface area contributed by atoms with Crippen LogP contribution in [0.1, 0.15) is 24.5 Å². The highest BCUT2D eigenvalue weighted by atomic mass is 19.4. The molecule has 0 fully saturated rings. The minimum absolute atomic E-state index is 0.0976. The van der Waals surface area contributed by atoms with Gasteiger partial charge in [-0.25, -0.2) is 0 Å². The highest BCUT2D eigenvalue weighted by molar-refractivity contribution is 5.75. The van der Waals surface area contributed by atoms with Crippen LogP contribution in [0, 0.1) is 0 Å². The zero-order valence-electron chi connectivity index (χ0n) is 11.9. The number of benzene rings is 1. The van der Waals surface area contributed by atoms with Crippen molar-refractivity contribution in [1.29, 1.82) is 0 Å². The number of carbonyl (C=O) groups excluding carboxylic acids is 1. The van der Waals surface area contributed by atoms with Crippen LogP contribution in [0.5, 0.6) is 5.75 Å². The fourth-order valence-corrected chi connectivity index (χ4v) is 1.73. The maximum Gasteiger partial charge on any atom is 0.389 e. The van der Waals surface area contributed by atoms with Gasteiger partial charge in [0.2, 0.25) is 5.91 Å². The second-order valence-electron chi connectivity index (χ2n) is 4.42. The lowest BCUT2D eigenvalue weighted by atomic mass is 10.1. The molecule has 1 rings (SSSR count). The molecule has 1 unspecified atom stereocenters. The zero-order valence-corrected chi connectivity index (χ0v) is 11.9. The molecule has 21 heavy (non-hydrogen) atoms. The van der Waals surface area contributed by atoms with Crippen molar-refractivity contribution in [3.05, 3.63) is 29.8 Å². The minimum Gasteiger partial charge on any atom is -0.497 e. The summed E-state index contributed by atoms with van der Waals surface area (Å²) in [7, 11) is 2.99. The monoisotopic (exact) mass is 305 g/mol. The first-order valence-electron chi connectivity index (χ1n) is 6.36. The number of nitrogens with one attached hydrogen (secondary N) is 1. The molecule has 1 aromatic rings. The number of carbonyl (C=O) groups is 1. The van der Waals surface area contributed by atoms with E-state index >= 15 is 0 Å². The van der Waals surface area contributed by atoms with Crippen molar-refractivity contribution < 1.29 is 27.4 Å². The van der Waals surface area contributed by atoms with Gasteiger partial charge in [-0.3, -0.25) is 4.79 Å². The van der Waals surface area contributed by atoms with Gasteiger partial charge in [-0.1, -0.05) is 12.1 Å². The normalized spacial score (nSPS) is 12.8. The molecule has 1 N–H and O–H groups in total. The Labute approximate surface area is 121 Å². The van der Waals surface area contributed by atoms with Gasteiger partial charge in [-0.05, 0) is 17.7 Å². The van der Waals surface area contributed by atoms with E-state index in [1.807, 2.05) is 0 Å². The topological polar surface area (TPSA) is 47.6 Å². The highest BCUT2D eigenvalue weighted by Crippen LogP contribution is 2.22. The molecule has 0 aromatic heterocycles. The summed E-state index contributed by atoms with van der Waals surface area (Å²) in [6.07, 6.45) is -6.49. The second kappa shape index (κ2) is 7.87. The molecule has 4 nitrogen and oxygen atoms in total. The number of alkyl halides is 3. The third-order valence-electron chi connectivity index (χ3n) is 2.87. The number of methoxy groups -OCH3 is 2. The summed E-state index contributed by atoms with van der Waals surface area (Å²) < 4.78 is 46.4. The highest BCUT2D eigenvalue weighted by Gasteiger charge is 2.28. The fourth-order valence-electron chi connectivity index (χ4n) is 1.73. The maximum absolute atomic E-state index is 12.0. The van der Waals surface area contributed by atoms with Crippen LogP contribution in [0.25, 0.3) is 0 Å². The number of hydrogen-bond acceptors (Lipinski definition) is 3. The van der Waals surface area contributed by atoms with Gasteiger partial charge in [0.25, 0.3) is 0 Å². The molecular weight excluding hydrogens is 287 g/mol. The standard InChI is InChI=1S/C14H18F3NO3/c1-20-11-5-3-4-10(8-11)12(21-2)9-18-13(19)6-7-14(15,16)17/h3-5,8,12H,6-7,9H2,1-2H3,(H,18,19). The van der Waals surface area contributed by atoms with Gasteiger partial charge in [0.15, 0.2) is 0 Å². The minimum atomic E-state index is -4.33. The molecule has 0 heterocycles. The third-order valence-corrected chi connectivity index (χ3v) is 2.87. The van der Waals surface area contributed by atoms with Crippen molar-refractivity contribution in [2.45, 2.75) is 25.1 Å². The molecule has 0 spiro atoms. The third kappa shape index (κ3) is 6.48. The molecule has 1 amide bonds. The molecule has 0 aliphatic rings. The Kier molecular flexibility index (Phi) is 6.48. The molecule has 0 saturated heterocycles. The van der Waals surface area contributed by atoms with Crippen LogP contribution < -0.4 is 10.1 Å². The molecule has 1 aromatic carbocycles. The smallest absolute Gasteiger partial charge is 0.389 e. The SMILES string of the molecule is COc1cccc(C(CNC(=O)CCC(F)(F)F)OC)c1. The summed E-state index contributed by atoms with van der Waals surface area (Å²) in [5.74, 6) is -0.0183. The Hall–Kier alpha value is -1.76. The first-order chi connectivity index (χ1) is 9.85. The molecule has 7 heteroatoms. The van der Waals surface area contributed by atoms with Crippen molar-refractivity contribution in [1.82, 2.24) is 5.32 Å². The van der Waals surface area contributed by atoms with Crippen molar-refractivity contribution in [2.75, 3.05) is 20.8 Å². The van der Waals surface area contributed by atoms with Crippen LogP contribution in [0.4, 0.5) is 13.2 Å². The summed E-state index contributed by atoms with van der Waals surface area (Å²) in [4.78, 5) is 11.4. The summed E-state index contributed by atoms with van der Waals surface area (Å²) in [5, 5.41) is 2.44. The summed E-state index contributed by atoms with van der Waals surface area (Å²) >= 11 is 0. The molecule has 0 aliphatic carbocycles. The van der Waals surface area contributed by atoms with E-state index in [0.717, 1.165) is 5.56 Å². The van der Waals surface area contributed by atoms with E-state index in [1.165, 1.54) is 14.2 Å². The van der Waals surface area contributed by atoms with Crippen molar-refractivity contribution in [3.63, 3.8) is 0 Å². The van der Waals surface area contributed by atoms with E-state index in [0.29, 0.717) is 5.75 Å². The number of hydrogen-bond donors (Lipinski definition) is 1. The molecule has 0 aliphatic heterocycles. The van der Waals surface area contributed by atoms with Gasteiger partial charge in [-0.2, -0.15) is 13.2 Å². The van der Waals surface area contributed by atoms with E-state index in [1.54, 1.807) is 24.3 Å². The van der Waals surface area contributed by atoms with Crippen molar-refractivity contribution >= 4 is 5.91 Å². The van der Waals surface area contributed by atoms with Gasteiger partial charge in [0, 0.05) is 20.1 Å². The molecule has 118 valence electrons. The fraction of sp³-hybridized carbons (Fsp3) is 0.500. The Morgan fingerprint density at radius 1 is 1.33 bits per heavy atom. The average Bonchev–Trinajstić information content (AvgIpc) is 2.45. The summed E-state index contributed by atoms with van der Waals surface area (Å²) in [6, 6.07) is 7.07. The van der Waals surface area contributed by atoms with Crippen LogP contribution in [-0.4, -0.2) is 32.8 Å². The lowest BCUT2D eigenvalue weighted by molar-refractivity contribution is -0.144. The summed E-state index contributed by atoms with van der Waals surface area (Å²) in [6.45, 7) is 0.0976. The predicted molar refractivity (Wildman–Crippen MR) is 71.0 cm³/mol. The number of amides is 1. The first kappa shape index (κ1) is 17.3.